The molecule has 0 spiro atoms. The molecule has 1 aromatic rings. The molecule has 13 heavy (non-hydrogen) atoms. The quantitative estimate of drug-likeness (QED) is 0.768. The molecule has 0 radical (unpaired) electrons. The summed E-state index contributed by atoms with van der Waals surface area (Å²) in [5, 5.41) is 2.98. The molecule has 1 aliphatic heterocycles. The van der Waals surface area contributed by atoms with Crippen molar-refractivity contribution in [1.29, 1.82) is 0 Å². The van der Waals surface area contributed by atoms with Crippen molar-refractivity contribution in [3.63, 3.8) is 0 Å². The van der Waals surface area contributed by atoms with Gasteiger partial charge in [0.2, 0.25) is 6.29 Å². The summed E-state index contributed by atoms with van der Waals surface area (Å²) in [6.07, 6.45) is -0.287. The lowest BCUT2D eigenvalue weighted by atomic mass is 10.4. The topological polar surface area (TPSA) is 57.4 Å². The predicted molar refractivity (Wildman–Crippen MR) is 49.5 cm³/mol. The number of nitrogens with zero attached hydrogens (tertiary/aromatic N) is 1. The van der Waals surface area contributed by atoms with E-state index in [1.54, 1.807) is 11.3 Å². The monoisotopic (exact) mass is 200 g/mol. The first-order chi connectivity index (χ1) is 6.29. The van der Waals surface area contributed by atoms with Crippen LogP contribution in [0.5, 0.6) is 0 Å². The minimum absolute atomic E-state index is 0.0204. The van der Waals surface area contributed by atoms with Gasteiger partial charge in [-0.05, 0) is 6.92 Å². The zero-order valence-corrected chi connectivity index (χ0v) is 8.21. The van der Waals surface area contributed by atoms with Gasteiger partial charge in [0.25, 0.3) is 0 Å². The van der Waals surface area contributed by atoms with Crippen LogP contribution in [0.15, 0.2) is 5.38 Å². The summed E-state index contributed by atoms with van der Waals surface area (Å²) < 4.78 is 10.9. The molecule has 5 heteroatoms. The molecule has 2 atom stereocenters. The summed E-state index contributed by atoms with van der Waals surface area (Å²) in [6, 6.07) is 0. The van der Waals surface area contributed by atoms with Crippen molar-refractivity contribution in [2.24, 2.45) is 5.73 Å². The molecule has 0 aliphatic carbocycles. The van der Waals surface area contributed by atoms with E-state index in [1.807, 2.05) is 12.3 Å². The maximum Gasteiger partial charge on any atom is 0.202 e. The van der Waals surface area contributed by atoms with E-state index in [1.165, 1.54) is 0 Å². The van der Waals surface area contributed by atoms with Gasteiger partial charge in [-0.1, -0.05) is 0 Å². The zero-order valence-electron chi connectivity index (χ0n) is 7.40. The molecule has 0 bridgehead atoms. The molecule has 0 aromatic carbocycles. The number of ether oxygens (including phenoxy) is 2. The van der Waals surface area contributed by atoms with Gasteiger partial charge in [0, 0.05) is 11.9 Å². The lowest BCUT2D eigenvalue weighted by molar-refractivity contribution is -0.0612. The van der Waals surface area contributed by atoms with Crippen molar-refractivity contribution < 1.29 is 9.47 Å². The van der Waals surface area contributed by atoms with Crippen LogP contribution in [0.1, 0.15) is 17.0 Å². The van der Waals surface area contributed by atoms with Crippen LogP contribution >= 0.6 is 11.3 Å². The first-order valence-electron chi connectivity index (χ1n) is 4.18. The van der Waals surface area contributed by atoms with Gasteiger partial charge in [0.15, 0.2) is 0 Å². The molecular weight excluding hydrogens is 188 g/mol. The van der Waals surface area contributed by atoms with E-state index in [-0.39, 0.29) is 12.4 Å². The third-order valence-electron chi connectivity index (χ3n) is 1.89. The Morgan fingerprint density at radius 2 is 2.62 bits per heavy atom. The second-order valence-electron chi connectivity index (χ2n) is 2.95. The molecular formula is C8H12N2O2S. The summed E-state index contributed by atoms with van der Waals surface area (Å²) >= 11 is 1.60. The Hall–Kier alpha value is -0.490. The Bertz CT molecular complexity index is 289. The van der Waals surface area contributed by atoms with E-state index in [0.29, 0.717) is 13.2 Å². The molecule has 1 aromatic heterocycles. The first-order valence-corrected chi connectivity index (χ1v) is 5.06. The molecule has 72 valence electrons. The smallest absolute Gasteiger partial charge is 0.202 e. The molecule has 0 amide bonds. The van der Waals surface area contributed by atoms with Gasteiger partial charge in [-0.2, -0.15) is 0 Å². The van der Waals surface area contributed by atoms with E-state index in [2.05, 4.69) is 4.98 Å². The summed E-state index contributed by atoms with van der Waals surface area (Å²) in [4.78, 5) is 4.29. The van der Waals surface area contributed by atoms with Crippen molar-refractivity contribution in [2.45, 2.75) is 19.3 Å². The van der Waals surface area contributed by atoms with Crippen LogP contribution in [-0.4, -0.2) is 24.2 Å². The van der Waals surface area contributed by atoms with Gasteiger partial charge in [-0.3, -0.25) is 0 Å². The Labute approximate surface area is 80.7 Å². The maximum absolute atomic E-state index is 5.51. The van der Waals surface area contributed by atoms with E-state index >= 15 is 0 Å². The van der Waals surface area contributed by atoms with Crippen LogP contribution in [-0.2, 0) is 9.47 Å². The van der Waals surface area contributed by atoms with Crippen LogP contribution in [0.2, 0.25) is 0 Å². The second kappa shape index (κ2) is 3.71. The molecule has 2 heterocycles. The Kier molecular flexibility index (Phi) is 2.59. The van der Waals surface area contributed by atoms with E-state index in [9.17, 15) is 0 Å². The van der Waals surface area contributed by atoms with Crippen molar-refractivity contribution in [2.75, 3.05) is 13.2 Å². The van der Waals surface area contributed by atoms with Crippen molar-refractivity contribution in [1.82, 2.24) is 4.98 Å². The first kappa shape index (κ1) is 9.08. The highest BCUT2D eigenvalue weighted by atomic mass is 32.1. The molecule has 2 unspecified atom stereocenters. The minimum Gasteiger partial charge on any atom is -0.344 e. The maximum atomic E-state index is 5.51. The van der Waals surface area contributed by atoms with Gasteiger partial charge >= 0.3 is 0 Å². The third kappa shape index (κ3) is 1.88. The van der Waals surface area contributed by atoms with Gasteiger partial charge in [-0.25, -0.2) is 4.98 Å². The fraction of sp³-hybridized carbons (Fsp3) is 0.625. The number of aryl methyl sites for hydroxylation is 1. The Morgan fingerprint density at radius 3 is 3.15 bits per heavy atom. The molecule has 4 nitrogen and oxygen atoms in total. The molecule has 1 fully saturated rings. The number of thiazole rings is 1. The summed E-state index contributed by atoms with van der Waals surface area (Å²) in [6.45, 7) is 3.03. The predicted octanol–water partition coefficient (Wildman–Crippen LogP) is 0.824. The average Bonchev–Trinajstić information content (AvgIpc) is 2.71. The zero-order chi connectivity index (χ0) is 9.26. The fourth-order valence-electron chi connectivity index (χ4n) is 1.22. The number of hydrogen-bond acceptors (Lipinski definition) is 5. The lowest BCUT2D eigenvalue weighted by Gasteiger charge is -2.06. The SMILES string of the molecule is Cc1nc(C2OCC(CN)O2)cs1. The fourth-order valence-corrected chi connectivity index (χ4v) is 1.83. The molecule has 2 rings (SSSR count). The molecule has 0 saturated carbocycles. The van der Waals surface area contributed by atoms with Crippen LogP contribution in [0.4, 0.5) is 0 Å². The second-order valence-corrected chi connectivity index (χ2v) is 4.01. The average molecular weight is 200 g/mol. The summed E-state index contributed by atoms with van der Waals surface area (Å²) in [5.74, 6) is 0. The molecule has 1 saturated heterocycles. The van der Waals surface area contributed by atoms with Crippen molar-refractivity contribution in [3.05, 3.63) is 16.1 Å². The molecule has 1 aliphatic rings. The number of nitrogens with two attached hydrogens (primary N) is 1. The van der Waals surface area contributed by atoms with Gasteiger partial charge in [0.05, 0.1) is 17.7 Å². The summed E-state index contributed by atoms with van der Waals surface area (Å²) in [5.41, 5.74) is 6.32. The Balaban J connectivity index is 2.03. The molecule has 2 N–H and O–H groups in total. The number of hydrogen-bond donors (Lipinski definition) is 1. The highest BCUT2D eigenvalue weighted by Gasteiger charge is 2.27. The Morgan fingerprint density at radius 1 is 1.77 bits per heavy atom. The minimum atomic E-state index is -0.307. The standard InChI is InChI=1S/C8H12N2O2S/c1-5-10-7(4-13-5)8-11-3-6(2-9)12-8/h4,6,8H,2-3,9H2,1H3. The van der Waals surface area contributed by atoms with Gasteiger partial charge < -0.3 is 15.2 Å². The lowest BCUT2D eigenvalue weighted by Crippen LogP contribution is -2.21. The normalized spacial score (nSPS) is 28.2. The van der Waals surface area contributed by atoms with Gasteiger partial charge in [-0.15, -0.1) is 11.3 Å². The highest BCUT2D eigenvalue weighted by Crippen LogP contribution is 2.27. The summed E-state index contributed by atoms with van der Waals surface area (Å²) in [7, 11) is 0. The van der Waals surface area contributed by atoms with Gasteiger partial charge in [0.1, 0.15) is 5.69 Å². The van der Waals surface area contributed by atoms with Crippen molar-refractivity contribution >= 4 is 11.3 Å². The highest BCUT2D eigenvalue weighted by molar-refractivity contribution is 7.09. The van der Waals surface area contributed by atoms with Crippen LogP contribution in [0.3, 0.4) is 0 Å². The number of rotatable bonds is 2. The van der Waals surface area contributed by atoms with Crippen LogP contribution < -0.4 is 5.73 Å². The van der Waals surface area contributed by atoms with Crippen molar-refractivity contribution in [3.8, 4) is 0 Å². The van der Waals surface area contributed by atoms with Crippen LogP contribution in [0.25, 0.3) is 0 Å². The van der Waals surface area contributed by atoms with E-state index in [0.717, 1.165) is 10.7 Å². The number of aromatic nitrogens is 1. The van der Waals surface area contributed by atoms with E-state index < -0.39 is 0 Å². The largest absolute Gasteiger partial charge is 0.344 e. The van der Waals surface area contributed by atoms with E-state index in [4.69, 9.17) is 15.2 Å². The third-order valence-corrected chi connectivity index (χ3v) is 2.68. The van der Waals surface area contributed by atoms with Crippen LogP contribution in [0, 0.1) is 6.92 Å².